The molecule has 1 amide bonds. The lowest BCUT2D eigenvalue weighted by molar-refractivity contribution is 0.180. The first-order valence-electron chi connectivity index (χ1n) is 3.89. The lowest BCUT2D eigenvalue weighted by atomic mass is 10.3. The maximum absolute atomic E-state index is 11.1. The predicted molar refractivity (Wildman–Crippen MR) is 49.8 cm³/mol. The Morgan fingerprint density at radius 1 is 1.54 bits per heavy atom. The Balaban J connectivity index is 2.83. The number of aromatic nitrogens is 1. The van der Waals surface area contributed by atoms with E-state index in [-0.39, 0.29) is 0 Å². The highest BCUT2D eigenvalue weighted by molar-refractivity contribution is 5.85. The van der Waals surface area contributed by atoms with Gasteiger partial charge in [0.15, 0.2) is 0 Å². The van der Waals surface area contributed by atoms with Gasteiger partial charge in [0, 0.05) is 13.2 Å². The summed E-state index contributed by atoms with van der Waals surface area (Å²) >= 11 is 0. The third kappa shape index (κ3) is 2.18. The zero-order valence-electron chi connectivity index (χ0n) is 7.94. The second kappa shape index (κ2) is 3.89. The quantitative estimate of drug-likeness (QED) is 0.659. The van der Waals surface area contributed by atoms with E-state index in [2.05, 4.69) is 9.72 Å². The first-order chi connectivity index (χ1) is 6.15. The fourth-order valence-corrected chi connectivity index (χ4v) is 0.889. The molecular formula is C9H12N2O2. The Morgan fingerprint density at radius 2 is 2.23 bits per heavy atom. The molecule has 0 fully saturated rings. The third-order valence-electron chi connectivity index (χ3n) is 1.69. The van der Waals surface area contributed by atoms with E-state index in [9.17, 15) is 4.79 Å². The number of anilines is 1. The third-order valence-corrected chi connectivity index (χ3v) is 1.69. The number of carbonyl (C=O) groups is 1. The predicted octanol–water partition coefficient (Wildman–Crippen LogP) is 1.59. The van der Waals surface area contributed by atoms with Crippen LogP contribution in [0.25, 0.3) is 0 Å². The maximum atomic E-state index is 11.1. The fourth-order valence-electron chi connectivity index (χ4n) is 0.889. The SMILES string of the molecule is COC(=O)N(C)c1ccc(C)cn1. The molecule has 1 aromatic heterocycles. The van der Waals surface area contributed by atoms with E-state index in [0.29, 0.717) is 5.82 Å². The van der Waals surface area contributed by atoms with Gasteiger partial charge in [0.2, 0.25) is 0 Å². The molecule has 0 saturated heterocycles. The number of pyridine rings is 1. The number of amides is 1. The first kappa shape index (κ1) is 9.51. The minimum absolute atomic E-state index is 0.420. The molecular weight excluding hydrogens is 168 g/mol. The molecule has 0 bridgehead atoms. The summed E-state index contributed by atoms with van der Waals surface area (Å²) in [5.41, 5.74) is 1.06. The van der Waals surface area contributed by atoms with Gasteiger partial charge in [-0.1, -0.05) is 6.07 Å². The summed E-state index contributed by atoms with van der Waals surface area (Å²) < 4.78 is 4.54. The molecule has 1 aromatic rings. The van der Waals surface area contributed by atoms with Crippen molar-refractivity contribution in [2.45, 2.75) is 6.92 Å². The molecule has 0 N–H and O–H groups in total. The molecule has 4 heteroatoms. The summed E-state index contributed by atoms with van der Waals surface area (Å²) in [7, 11) is 2.95. The first-order valence-corrected chi connectivity index (χ1v) is 3.89. The van der Waals surface area contributed by atoms with Crippen molar-refractivity contribution in [2.24, 2.45) is 0 Å². The monoisotopic (exact) mass is 180 g/mol. The van der Waals surface area contributed by atoms with Crippen LogP contribution in [0.3, 0.4) is 0 Å². The average molecular weight is 180 g/mol. The van der Waals surface area contributed by atoms with Crippen LogP contribution < -0.4 is 4.90 Å². The molecule has 0 radical (unpaired) electrons. The van der Waals surface area contributed by atoms with Crippen LogP contribution in [0.15, 0.2) is 18.3 Å². The lowest BCUT2D eigenvalue weighted by Crippen LogP contribution is -2.26. The Hall–Kier alpha value is -1.58. The van der Waals surface area contributed by atoms with Crippen LogP contribution in [0.1, 0.15) is 5.56 Å². The van der Waals surface area contributed by atoms with E-state index < -0.39 is 6.09 Å². The van der Waals surface area contributed by atoms with Crippen LogP contribution in [0.5, 0.6) is 0 Å². The minimum Gasteiger partial charge on any atom is -0.452 e. The zero-order valence-corrected chi connectivity index (χ0v) is 7.94. The highest BCUT2D eigenvalue weighted by atomic mass is 16.5. The number of ether oxygens (including phenoxy) is 1. The molecule has 0 aliphatic rings. The van der Waals surface area contributed by atoms with Crippen molar-refractivity contribution in [3.63, 3.8) is 0 Å². The smallest absolute Gasteiger partial charge is 0.414 e. The Morgan fingerprint density at radius 3 is 2.69 bits per heavy atom. The van der Waals surface area contributed by atoms with Crippen LogP contribution in [-0.2, 0) is 4.74 Å². The molecule has 0 aromatic carbocycles. The normalized spacial score (nSPS) is 9.46. The molecule has 0 atom stereocenters. The van der Waals surface area contributed by atoms with E-state index >= 15 is 0 Å². The number of hydrogen-bond donors (Lipinski definition) is 0. The van der Waals surface area contributed by atoms with E-state index in [4.69, 9.17) is 0 Å². The van der Waals surface area contributed by atoms with Gasteiger partial charge >= 0.3 is 6.09 Å². The molecule has 0 spiro atoms. The molecule has 0 aliphatic heterocycles. The Bertz CT molecular complexity index is 295. The second-order valence-corrected chi connectivity index (χ2v) is 2.72. The van der Waals surface area contributed by atoms with Crippen LogP contribution >= 0.6 is 0 Å². The molecule has 0 aliphatic carbocycles. The van der Waals surface area contributed by atoms with Gasteiger partial charge in [0.1, 0.15) is 5.82 Å². The molecule has 70 valence electrons. The van der Waals surface area contributed by atoms with Gasteiger partial charge in [-0.15, -0.1) is 0 Å². The maximum Gasteiger partial charge on any atom is 0.414 e. The van der Waals surface area contributed by atoms with Gasteiger partial charge in [0.25, 0.3) is 0 Å². The number of hydrogen-bond acceptors (Lipinski definition) is 3. The number of methoxy groups -OCH3 is 1. The van der Waals surface area contributed by atoms with Crippen molar-refractivity contribution >= 4 is 11.9 Å². The van der Waals surface area contributed by atoms with Gasteiger partial charge in [0.05, 0.1) is 7.11 Å². The van der Waals surface area contributed by atoms with E-state index in [1.54, 1.807) is 19.3 Å². The van der Waals surface area contributed by atoms with Crippen molar-refractivity contribution in [3.05, 3.63) is 23.9 Å². The fraction of sp³-hybridized carbons (Fsp3) is 0.333. The van der Waals surface area contributed by atoms with Gasteiger partial charge in [-0.05, 0) is 18.6 Å². The number of nitrogens with zero attached hydrogens (tertiary/aromatic N) is 2. The molecule has 1 rings (SSSR count). The average Bonchev–Trinajstić information content (AvgIpc) is 2.17. The largest absolute Gasteiger partial charge is 0.452 e. The molecule has 0 unspecified atom stereocenters. The van der Waals surface area contributed by atoms with Crippen molar-refractivity contribution < 1.29 is 9.53 Å². The van der Waals surface area contributed by atoms with E-state index in [1.807, 2.05) is 13.0 Å². The van der Waals surface area contributed by atoms with Crippen LogP contribution in [0.4, 0.5) is 10.6 Å². The lowest BCUT2D eigenvalue weighted by Gasteiger charge is -2.13. The highest BCUT2D eigenvalue weighted by Gasteiger charge is 2.10. The van der Waals surface area contributed by atoms with Crippen LogP contribution in [0, 0.1) is 6.92 Å². The summed E-state index contributed by atoms with van der Waals surface area (Å²) in [6, 6.07) is 3.66. The van der Waals surface area contributed by atoms with Crippen molar-refractivity contribution in [1.29, 1.82) is 0 Å². The number of carbonyl (C=O) groups excluding carboxylic acids is 1. The van der Waals surface area contributed by atoms with Crippen molar-refractivity contribution in [3.8, 4) is 0 Å². The molecule has 4 nitrogen and oxygen atoms in total. The standard InChI is InChI=1S/C9H12N2O2/c1-7-4-5-8(10-6-7)11(2)9(12)13-3/h4-6H,1-3H3. The van der Waals surface area contributed by atoms with E-state index in [1.165, 1.54) is 12.0 Å². The minimum atomic E-state index is -0.420. The van der Waals surface area contributed by atoms with Crippen molar-refractivity contribution in [2.75, 3.05) is 19.1 Å². The van der Waals surface area contributed by atoms with Crippen LogP contribution in [0.2, 0.25) is 0 Å². The topological polar surface area (TPSA) is 42.4 Å². The summed E-state index contributed by atoms with van der Waals surface area (Å²) in [5.74, 6) is 0.581. The summed E-state index contributed by atoms with van der Waals surface area (Å²) in [5, 5.41) is 0. The summed E-state index contributed by atoms with van der Waals surface area (Å²) in [6.45, 7) is 1.94. The summed E-state index contributed by atoms with van der Waals surface area (Å²) in [6.07, 6.45) is 1.28. The molecule has 13 heavy (non-hydrogen) atoms. The molecule has 1 heterocycles. The van der Waals surface area contributed by atoms with Gasteiger partial charge in [-0.3, -0.25) is 4.90 Å². The van der Waals surface area contributed by atoms with E-state index in [0.717, 1.165) is 5.56 Å². The highest BCUT2D eigenvalue weighted by Crippen LogP contribution is 2.09. The zero-order chi connectivity index (χ0) is 9.84. The second-order valence-electron chi connectivity index (χ2n) is 2.72. The van der Waals surface area contributed by atoms with Crippen molar-refractivity contribution in [1.82, 2.24) is 4.98 Å². The number of aryl methyl sites for hydroxylation is 1. The van der Waals surface area contributed by atoms with Crippen LogP contribution in [-0.4, -0.2) is 25.2 Å². The number of rotatable bonds is 1. The molecule has 0 saturated carbocycles. The Kier molecular flexibility index (Phi) is 2.84. The van der Waals surface area contributed by atoms with Gasteiger partial charge in [-0.25, -0.2) is 9.78 Å². The van der Waals surface area contributed by atoms with Gasteiger partial charge < -0.3 is 4.74 Å². The summed E-state index contributed by atoms with van der Waals surface area (Å²) in [4.78, 5) is 16.5. The Labute approximate surface area is 77.1 Å². The van der Waals surface area contributed by atoms with Gasteiger partial charge in [-0.2, -0.15) is 0 Å².